The summed E-state index contributed by atoms with van der Waals surface area (Å²) in [6.45, 7) is 3.91. The van der Waals surface area contributed by atoms with E-state index in [1.165, 1.54) is 27.8 Å². The summed E-state index contributed by atoms with van der Waals surface area (Å²) >= 11 is 1.53. The number of nitrogens with zero attached hydrogens (tertiary/aromatic N) is 3. The Bertz CT molecular complexity index is 1170. The van der Waals surface area contributed by atoms with E-state index in [2.05, 4.69) is 5.16 Å². The molecule has 1 saturated heterocycles. The van der Waals surface area contributed by atoms with Crippen LogP contribution in [0.4, 0.5) is 10.1 Å². The Labute approximate surface area is 190 Å². The van der Waals surface area contributed by atoms with Crippen LogP contribution in [0.2, 0.25) is 0 Å². The molecule has 3 aromatic rings. The van der Waals surface area contributed by atoms with Crippen LogP contribution in [0.3, 0.4) is 0 Å². The number of hydrogen-bond donors (Lipinski definition) is 0. The molecule has 0 saturated carbocycles. The molecule has 1 fully saturated rings. The minimum atomic E-state index is -3.83. The number of anilines is 1. The van der Waals surface area contributed by atoms with Crippen molar-refractivity contribution in [3.8, 4) is 0 Å². The number of aromatic nitrogens is 1. The number of carbonyl (C=O) groups excluding carboxylic acids is 1. The highest BCUT2D eigenvalue weighted by Crippen LogP contribution is 2.30. The average molecular weight is 478 g/mol. The Kier molecular flexibility index (Phi) is 6.45. The number of hydrogen-bond acceptors (Lipinski definition) is 6. The van der Waals surface area contributed by atoms with Gasteiger partial charge in [-0.3, -0.25) is 4.79 Å². The highest BCUT2D eigenvalue weighted by atomic mass is 32.2. The molecule has 10 heteroatoms. The molecule has 32 heavy (non-hydrogen) atoms. The van der Waals surface area contributed by atoms with Gasteiger partial charge in [-0.1, -0.05) is 11.2 Å². The van der Waals surface area contributed by atoms with Crippen LogP contribution in [0.1, 0.15) is 29.2 Å². The first-order chi connectivity index (χ1) is 15.3. The summed E-state index contributed by atoms with van der Waals surface area (Å²) in [6, 6.07) is 9.62. The van der Waals surface area contributed by atoms with Crippen molar-refractivity contribution in [2.75, 3.05) is 18.0 Å². The van der Waals surface area contributed by atoms with Crippen LogP contribution >= 0.6 is 11.3 Å². The van der Waals surface area contributed by atoms with Crippen molar-refractivity contribution in [3.05, 3.63) is 63.9 Å². The van der Waals surface area contributed by atoms with Crippen LogP contribution < -0.4 is 4.90 Å². The van der Waals surface area contributed by atoms with E-state index in [1.807, 2.05) is 17.5 Å². The molecule has 2 aromatic heterocycles. The zero-order valence-electron chi connectivity index (χ0n) is 17.8. The van der Waals surface area contributed by atoms with Gasteiger partial charge >= 0.3 is 0 Å². The molecular formula is C22H24FN3O4S2. The number of aryl methyl sites for hydroxylation is 2. The third kappa shape index (κ3) is 4.48. The molecule has 1 aliphatic heterocycles. The van der Waals surface area contributed by atoms with E-state index in [0.717, 1.165) is 4.88 Å². The largest absolute Gasteiger partial charge is 0.360 e. The van der Waals surface area contributed by atoms with Crippen molar-refractivity contribution >= 4 is 33.0 Å². The smallest absolute Gasteiger partial charge is 0.248 e. The molecule has 4 rings (SSSR count). The van der Waals surface area contributed by atoms with Crippen LogP contribution in [0.5, 0.6) is 0 Å². The second-order valence-electron chi connectivity index (χ2n) is 7.84. The number of rotatable bonds is 6. The maximum absolute atomic E-state index is 13.6. The summed E-state index contributed by atoms with van der Waals surface area (Å²) in [5, 5.41) is 5.69. The van der Waals surface area contributed by atoms with Gasteiger partial charge in [-0.2, -0.15) is 4.31 Å². The molecule has 170 valence electrons. The quantitative estimate of drug-likeness (QED) is 0.533. The molecule has 1 amide bonds. The van der Waals surface area contributed by atoms with Crippen molar-refractivity contribution in [1.29, 1.82) is 0 Å². The Morgan fingerprint density at radius 3 is 2.66 bits per heavy atom. The van der Waals surface area contributed by atoms with Gasteiger partial charge < -0.3 is 9.42 Å². The van der Waals surface area contributed by atoms with Gasteiger partial charge in [0.25, 0.3) is 0 Å². The first kappa shape index (κ1) is 22.6. The van der Waals surface area contributed by atoms with E-state index < -0.39 is 15.9 Å². The molecule has 7 nitrogen and oxygen atoms in total. The number of piperidine rings is 1. The van der Waals surface area contributed by atoms with Gasteiger partial charge in [0.05, 0.1) is 12.5 Å². The van der Waals surface area contributed by atoms with Gasteiger partial charge in [-0.15, -0.1) is 11.3 Å². The van der Waals surface area contributed by atoms with Crippen molar-refractivity contribution in [3.63, 3.8) is 0 Å². The Balaban J connectivity index is 1.60. The van der Waals surface area contributed by atoms with Crippen molar-refractivity contribution in [1.82, 2.24) is 9.46 Å². The highest BCUT2D eigenvalue weighted by molar-refractivity contribution is 7.89. The molecule has 0 N–H and O–H groups in total. The van der Waals surface area contributed by atoms with Crippen molar-refractivity contribution < 1.29 is 22.1 Å². The number of benzene rings is 1. The minimum absolute atomic E-state index is 0.0691. The predicted octanol–water partition coefficient (Wildman–Crippen LogP) is 4.13. The standard InChI is InChI=1S/C22H24FN3O4S2/c1-15-21(16(2)30-24-15)32(28,29)25-11-3-5-17(13-25)22(27)26(14-20-6-4-12-31-20)19-9-7-18(23)8-10-19/h4,6-10,12,17H,3,5,11,13-14H2,1-2H3. The average Bonchev–Trinajstić information content (AvgIpc) is 3.42. The minimum Gasteiger partial charge on any atom is -0.360 e. The number of sulfonamides is 1. The second kappa shape index (κ2) is 9.13. The first-order valence-electron chi connectivity index (χ1n) is 10.3. The lowest BCUT2D eigenvalue weighted by atomic mass is 9.97. The molecule has 0 aliphatic carbocycles. The lowest BCUT2D eigenvalue weighted by Gasteiger charge is -2.34. The van der Waals surface area contributed by atoms with E-state index in [0.29, 0.717) is 37.3 Å². The molecule has 0 bridgehead atoms. The molecule has 0 spiro atoms. The number of thiophene rings is 1. The summed E-state index contributed by atoms with van der Waals surface area (Å²) in [4.78, 5) is 16.3. The van der Waals surface area contributed by atoms with E-state index >= 15 is 0 Å². The fourth-order valence-corrected chi connectivity index (χ4v) is 6.54. The van der Waals surface area contributed by atoms with Crippen LogP contribution in [0, 0.1) is 25.6 Å². The predicted molar refractivity (Wildman–Crippen MR) is 119 cm³/mol. The van der Waals surface area contributed by atoms with E-state index in [4.69, 9.17) is 4.52 Å². The van der Waals surface area contributed by atoms with Crippen LogP contribution in [-0.2, 0) is 21.4 Å². The molecule has 1 aromatic carbocycles. The van der Waals surface area contributed by atoms with Gasteiger partial charge in [0.2, 0.25) is 15.9 Å². The normalized spacial score (nSPS) is 17.4. The third-order valence-corrected chi connectivity index (χ3v) is 8.57. The van der Waals surface area contributed by atoms with E-state index in [-0.39, 0.29) is 28.9 Å². The first-order valence-corrected chi connectivity index (χ1v) is 12.6. The summed E-state index contributed by atoms with van der Waals surface area (Å²) in [5.41, 5.74) is 0.886. The van der Waals surface area contributed by atoms with Gasteiger partial charge in [-0.05, 0) is 62.4 Å². The molecule has 1 unspecified atom stereocenters. The summed E-state index contributed by atoms with van der Waals surface area (Å²) in [7, 11) is -3.83. The molecule has 3 heterocycles. The van der Waals surface area contributed by atoms with E-state index in [1.54, 1.807) is 30.9 Å². The Morgan fingerprint density at radius 1 is 1.28 bits per heavy atom. The van der Waals surface area contributed by atoms with Crippen molar-refractivity contribution in [2.45, 2.75) is 38.1 Å². The summed E-state index contributed by atoms with van der Waals surface area (Å²) in [5.74, 6) is -0.832. The van der Waals surface area contributed by atoms with Crippen LogP contribution in [0.15, 0.2) is 51.2 Å². The Morgan fingerprint density at radius 2 is 2.03 bits per heavy atom. The maximum Gasteiger partial charge on any atom is 0.248 e. The maximum atomic E-state index is 13.6. The molecular weight excluding hydrogens is 453 g/mol. The summed E-state index contributed by atoms with van der Waals surface area (Å²) < 4.78 is 46.4. The van der Waals surface area contributed by atoms with Crippen LogP contribution in [0.25, 0.3) is 0 Å². The highest BCUT2D eigenvalue weighted by Gasteiger charge is 2.38. The topological polar surface area (TPSA) is 83.7 Å². The fourth-order valence-electron chi connectivity index (χ4n) is 4.03. The molecule has 1 aliphatic rings. The van der Waals surface area contributed by atoms with Crippen LogP contribution in [-0.4, -0.2) is 36.9 Å². The van der Waals surface area contributed by atoms with Gasteiger partial charge in [0, 0.05) is 23.7 Å². The molecule has 0 radical (unpaired) electrons. The van der Waals surface area contributed by atoms with Crippen molar-refractivity contribution in [2.24, 2.45) is 5.92 Å². The monoisotopic (exact) mass is 477 g/mol. The zero-order chi connectivity index (χ0) is 22.9. The second-order valence-corrected chi connectivity index (χ2v) is 10.7. The van der Waals surface area contributed by atoms with E-state index in [9.17, 15) is 17.6 Å². The third-order valence-electron chi connectivity index (χ3n) is 5.60. The number of amides is 1. The number of halogens is 1. The lowest BCUT2D eigenvalue weighted by molar-refractivity contribution is -0.123. The zero-order valence-corrected chi connectivity index (χ0v) is 19.5. The Hall–Kier alpha value is -2.56. The SMILES string of the molecule is Cc1noc(C)c1S(=O)(=O)N1CCCC(C(=O)N(Cc2cccs2)c2ccc(F)cc2)C1. The molecule has 1 atom stereocenters. The van der Waals surface area contributed by atoms with Gasteiger partial charge in [0.1, 0.15) is 16.4 Å². The lowest BCUT2D eigenvalue weighted by Crippen LogP contribution is -2.46. The number of carbonyl (C=O) groups is 1. The summed E-state index contributed by atoms with van der Waals surface area (Å²) in [6.07, 6.45) is 1.14. The van der Waals surface area contributed by atoms with Gasteiger partial charge in [-0.25, -0.2) is 12.8 Å². The van der Waals surface area contributed by atoms with Gasteiger partial charge in [0.15, 0.2) is 5.76 Å². The fraction of sp³-hybridized carbons (Fsp3) is 0.364.